The highest BCUT2D eigenvalue weighted by Gasteiger charge is 2.48. The van der Waals surface area contributed by atoms with E-state index in [0.29, 0.717) is 25.9 Å². The van der Waals surface area contributed by atoms with Gasteiger partial charge in [-0.2, -0.15) is 0 Å². The Labute approximate surface area is 195 Å². The number of carbonyl (C=O) groups is 1. The smallest absolute Gasteiger partial charge is 0.410 e. The molecule has 2 aliphatic heterocycles. The molecule has 0 atom stereocenters. The van der Waals surface area contributed by atoms with Crippen LogP contribution in [-0.2, 0) is 4.74 Å². The molecule has 3 aliphatic rings. The Morgan fingerprint density at radius 1 is 1.35 bits per heavy atom. The van der Waals surface area contributed by atoms with Crippen LogP contribution in [0.15, 0.2) is 35.2 Å². The van der Waals surface area contributed by atoms with Gasteiger partial charge in [0.05, 0.1) is 29.3 Å². The van der Waals surface area contributed by atoms with E-state index in [1.54, 1.807) is 20.8 Å². The second-order valence-electron chi connectivity index (χ2n) is 9.90. The zero-order valence-corrected chi connectivity index (χ0v) is 19.4. The summed E-state index contributed by atoms with van der Waals surface area (Å²) in [5.74, 6) is 0. The topological polar surface area (TPSA) is 112 Å². The second-order valence-corrected chi connectivity index (χ2v) is 9.90. The van der Waals surface area contributed by atoms with Gasteiger partial charge in [-0.15, -0.1) is 0 Å². The van der Waals surface area contributed by atoms with E-state index in [2.05, 4.69) is 5.32 Å². The number of nitrogens with zero attached hydrogens (tertiary/aromatic N) is 3. The van der Waals surface area contributed by atoms with Gasteiger partial charge in [0.1, 0.15) is 5.60 Å². The van der Waals surface area contributed by atoms with Crippen LogP contribution in [-0.4, -0.2) is 83.0 Å². The number of hydrogen-bond donors (Lipinski definition) is 2. The molecule has 0 unspecified atom stereocenters. The van der Waals surface area contributed by atoms with Crippen molar-refractivity contribution >= 4 is 11.8 Å². The maximum absolute atomic E-state index is 15.0. The van der Waals surface area contributed by atoms with Crippen molar-refractivity contribution in [3.05, 3.63) is 45.3 Å². The number of likely N-dealkylation sites (tertiary alicyclic amines) is 2. The number of nitro groups is 1. The molecule has 2 saturated heterocycles. The number of hydrogen-bond acceptors (Lipinski definition) is 7. The molecule has 0 aromatic rings. The molecule has 9 nitrogen and oxygen atoms in total. The van der Waals surface area contributed by atoms with Crippen molar-refractivity contribution in [2.24, 2.45) is 0 Å². The monoisotopic (exact) mass is 485 g/mol. The third-order valence-electron chi connectivity index (χ3n) is 5.80. The molecule has 0 radical (unpaired) electrons. The number of ether oxygens (including phenoxy) is 1. The van der Waals surface area contributed by atoms with Gasteiger partial charge in [-0.25, -0.2) is 18.0 Å². The first-order valence-corrected chi connectivity index (χ1v) is 11.1. The number of nitrogens with one attached hydrogen (secondary N) is 2. The first kappa shape index (κ1) is 25.7. The molecule has 2 N–H and O–H groups in total. The van der Waals surface area contributed by atoms with Gasteiger partial charge in [0.25, 0.3) is 12.1 Å². The van der Waals surface area contributed by atoms with E-state index in [1.807, 2.05) is 4.90 Å². The maximum Gasteiger partial charge on any atom is 0.410 e. The molecule has 34 heavy (non-hydrogen) atoms. The van der Waals surface area contributed by atoms with Gasteiger partial charge in [-0.05, 0) is 39.7 Å². The van der Waals surface area contributed by atoms with Gasteiger partial charge in [-0.3, -0.25) is 15.0 Å². The van der Waals surface area contributed by atoms with Crippen molar-refractivity contribution in [2.75, 3.05) is 32.7 Å². The summed E-state index contributed by atoms with van der Waals surface area (Å²) in [6.45, 7) is 6.69. The summed E-state index contributed by atoms with van der Waals surface area (Å²) in [4.78, 5) is 25.6. The molecule has 0 aromatic carbocycles. The Morgan fingerprint density at radius 3 is 2.50 bits per heavy atom. The van der Waals surface area contributed by atoms with Crippen LogP contribution in [0.2, 0.25) is 0 Å². The van der Waals surface area contributed by atoms with Crippen molar-refractivity contribution in [3.63, 3.8) is 0 Å². The minimum atomic E-state index is -3.04. The largest absolute Gasteiger partial charge is 0.444 e. The van der Waals surface area contributed by atoms with Crippen LogP contribution in [0.4, 0.5) is 18.0 Å². The fourth-order valence-corrected chi connectivity index (χ4v) is 4.13. The van der Waals surface area contributed by atoms with Gasteiger partial charge < -0.3 is 20.4 Å². The Hall–Kier alpha value is -2.89. The molecule has 1 aliphatic carbocycles. The fraction of sp³-hybridized carbons (Fsp3) is 0.636. The lowest BCUT2D eigenvalue weighted by atomic mass is 9.94. The second kappa shape index (κ2) is 9.77. The lowest BCUT2D eigenvalue weighted by Gasteiger charge is -2.47. The minimum absolute atomic E-state index is 0.000282. The van der Waals surface area contributed by atoms with E-state index < -0.39 is 40.0 Å². The summed E-state index contributed by atoms with van der Waals surface area (Å²) in [7, 11) is 0. The van der Waals surface area contributed by atoms with E-state index in [-0.39, 0.29) is 37.0 Å². The lowest BCUT2D eigenvalue weighted by Crippen LogP contribution is -2.66. The molecule has 188 valence electrons. The first-order valence-electron chi connectivity index (χ1n) is 11.1. The summed E-state index contributed by atoms with van der Waals surface area (Å²) in [5.41, 5.74) is -3.68. The van der Waals surface area contributed by atoms with Crippen LogP contribution < -0.4 is 5.32 Å². The zero-order valence-electron chi connectivity index (χ0n) is 19.4. The van der Waals surface area contributed by atoms with Crippen molar-refractivity contribution < 1.29 is 27.6 Å². The van der Waals surface area contributed by atoms with Crippen LogP contribution in [0.3, 0.4) is 0 Å². The van der Waals surface area contributed by atoms with Crippen LogP contribution in [0.1, 0.15) is 33.6 Å². The molecule has 2 fully saturated rings. The highest BCUT2D eigenvalue weighted by atomic mass is 19.3. The highest BCUT2D eigenvalue weighted by molar-refractivity contribution is 6.10. The van der Waals surface area contributed by atoms with Crippen molar-refractivity contribution in [3.8, 4) is 0 Å². The number of rotatable bonds is 6. The minimum Gasteiger partial charge on any atom is -0.444 e. The summed E-state index contributed by atoms with van der Waals surface area (Å²) >= 11 is 0. The van der Waals surface area contributed by atoms with Crippen molar-refractivity contribution in [2.45, 2.75) is 57.3 Å². The third-order valence-corrected chi connectivity index (χ3v) is 5.80. The van der Waals surface area contributed by atoms with Crippen LogP contribution >= 0.6 is 0 Å². The molecule has 2 heterocycles. The predicted octanol–water partition coefficient (Wildman–Crippen LogP) is 3.27. The van der Waals surface area contributed by atoms with E-state index in [1.165, 1.54) is 11.1 Å². The van der Waals surface area contributed by atoms with Gasteiger partial charge in [0, 0.05) is 43.5 Å². The quantitative estimate of drug-likeness (QED) is 0.441. The fourth-order valence-electron chi connectivity index (χ4n) is 4.13. The molecule has 0 saturated carbocycles. The Morgan fingerprint density at radius 2 is 1.97 bits per heavy atom. The molecule has 1 amide bonds. The van der Waals surface area contributed by atoms with Gasteiger partial charge in [0.15, 0.2) is 5.67 Å². The van der Waals surface area contributed by atoms with E-state index in [4.69, 9.17) is 10.1 Å². The van der Waals surface area contributed by atoms with E-state index in [9.17, 15) is 28.1 Å². The third kappa shape index (κ3) is 6.37. The number of halogens is 3. The molecule has 12 heteroatoms. The summed E-state index contributed by atoms with van der Waals surface area (Å²) in [6, 6.07) is -0.000282. The van der Waals surface area contributed by atoms with Gasteiger partial charge in [0.2, 0.25) is 0 Å². The average molecular weight is 486 g/mol. The predicted molar refractivity (Wildman–Crippen MR) is 119 cm³/mol. The number of piperidine rings is 1. The molecule has 0 bridgehead atoms. The lowest BCUT2D eigenvalue weighted by molar-refractivity contribution is -0.422. The molecule has 3 rings (SSSR count). The Kier molecular flexibility index (Phi) is 7.39. The number of amides is 1. The standard InChI is InChI=1S/C22H30F3N5O4/c1-21(2,3)34-20(31)29-12-22(25,13-29)11-28-6-4-15(5-7-28)27-10-14-8-18(30(32)33)16(19(23)24)9-17(14)26/h8-10,15,19,26-27H,4-7,11-13H2,1-3H3/b14-10-,26-17?. The normalized spacial score (nSPS) is 22.9. The van der Waals surface area contributed by atoms with E-state index in [0.717, 1.165) is 12.2 Å². The van der Waals surface area contributed by atoms with Crippen LogP contribution in [0.5, 0.6) is 0 Å². The molecule has 0 aromatic heterocycles. The Bertz CT molecular complexity index is 927. The summed E-state index contributed by atoms with van der Waals surface area (Å²) < 4.78 is 46.3. The van der Waals surface area contributed by atoms with Crippen molar-refractivity contribution in [1.82, 2.24) is 15.1 Å². The van der Waals surface area contributed by atoms with Gasteiger partial charge >= 0.3 is 6.09 Å². The maximum atomic E-state index is 15.0. The SMILES string of the molecule is CC(C)(C)OC(=O)N1CC(F)(CN2CCC(N/C=C3/C=C([N+](=O)[O-])C(C(F)F)=CC3=N)CC2)C1. The molecular weight excluding hydrogens is 455 g/mol. The Balaban J connectivity index is 1.47. The highest BCUT2D eigenvalue weighted by Crippen LogP contribution is 2.30. The van der Waals surface area contributed by atoms with E-state index >= 15 is 0 Å². The first-order chi connectivity index (χ1) is 15.8. The van der Waals surface area contributed by atoms with Crippen molar-refractivity contribution in [1.29, 1.82) is 5.41 Å². The average Bonchev–Trinajstić information content (AvgIpc) is 2.70. The number of allylic oxidation sites excluding steroid dienone is 4. The van der Waals surface area contributed by atoms with Crippen LogP contribution in [0.25, 0.3) is 0 Å². The number of alkyl halides is 3. The molecule has 0 spiro atoms. The number of carbonyl (C=O) groups excluding carboxylic acids is 1. The zero-order chi connectivity index (χ0) is 25.3. The van der Waals surface area contributed by atoms with Crippen LogP contribution in [0, 0.1) is 15.5 Å². The van der Waals surface area contributed by atoms with Gasteiger partial charge in [-0.1, -0.05) is 0 Å². The summed E-state index contributed by atoms with van der Waals surface area (Å²) in [6.07, 6.45) is 1.02. The summed E-state index contributed by atoms with van der Waals surface area (Å²) in [5, 5.41) is 22.1. The molecular formula is C22H30F3N5O4.